The fourth-order valence-electron chi connectivity index (χ4n) is 6.50. The predicted octanol–water partition coefficient (Wildman–Crippen LogP) is 3.09. The van der Waals surface area contributed by atoms with Crippen molar-refractivity contribution in [1.82, 2.24) is 4.90 Å². The largest absolute Gasteiger partial charge is 0.497 e. The number of likely N-dealkylation sites (tertiary alicyclic amines) is 1. The molecule has 3 fully saturated rings. The fourth-order valence-corrected chi connectivity index (χ4v) is 6.50. The lowest BCUT2D eigenvalue weighted by Gasteiger charge is -2.37. The quantitative estimate of drug-likeness (QED) is 0.247. The minimum atomic E-state index is -1.11. The number of hydrogen-bond donors (Lipinski definition) is 0. The highest BCUT2D eigenvalue weighted by Gasteiger charge is 2.68. The molecule has 2 amide bonds. The summed E-state index contributed by atoms with van der Waals surface area (Å²) < 4.78 is 10.5. The van der Waals surface area contributed by atoms with Gasteiger partial charge >= 0.3 is 5.97 Å². The van der Waals surface area contributed by atoms with E-state index < -0.39 is 30.5 Å². The van der Waals surface area contributed by atoms with Crippen molar-refractivity contribution in [2.24, 2.45) is 35.5 Å². The van der Waals surface area contributed by atoms with Crippen LogP contribution in [0.15, 0.2) is 66.7 Å². The van der Waals surface area contributed by atoms with Crippen molar-refractivity contribution in [3.05, 3.63) is 77.9 Å². The summed E-state index contributed by atoms with van der Waals surface area (Å²) in [7, 11) is 1.53. The maximum atomic E-state index is 13.6. The molecule has 2 bridgehead atoms. The van der Waals surface area contributed by atoms with Crippen LogP contribution in [-0.2, 0) is 25.5 Å². The second-order valence-corrected chi connectivity index (χ2v) is 10.2. The Labute approximate surface area is 209 Å². The molecule has 2 aromatic carbocycles. The Kier molecular flexibility index (Phi) is 5.51. The molecular formula is C29H27NO6. The van der Waals surface area contributed by atoms with E-state index in [1.807, 2.05) is 30.3 Å². The molecule has 7 heteroatoms. The first kappa shape index (κ1) is 22.7. The number of amides is 2. The van der Waals surface area contributed by atoms with Crippen LogP contribution in [0.5, 0.6) is 5.75 Å². The highest BCUT2D eigenvalue weighted by Crippen LogP contribution is 2.65. The molecule has 1 aliphatic heterocycles. The SMILES string of the molecule is COc1ccc(C(=O)COC(=O)[C@H](Cc2ccccc2)N2C(=O)[C@@H]3[C@H]4C=C[C@@H]([C@@H]5C[C@@H]45)[C@@H]3C2=O)cc1. The molecule has 0 unspecified atom stereocenters. The highest BCUT2D eigenvalue weighted by molar-refractivity contribution is 6.09. The molecule has 0 spiro atoms. The van der Waals surface area contributed by atoms with E-state index in [1.165, 1.54) is 7.11 Å². The number of hydrogen-bond acceptors (Lipinski definition) is 6. The molecule has 7 nitrogen and oxygen atoms in total. The molecule has 7 atom stereocenters. The molecule has 1 saturated heterocycles. The van der Waals surface area contributed by atoms with Gasteiger partial charge in [0.2, 0.25) is 11.8 Å². The van der Waals surface area contributed by atoms with Crippen LogP contribution in [0, 0.1) is 35.5 Å². The van der Waals surface area contributed by atoms with Crippen LogP contribution in [0.25, 0.3) is 0 Å². The van der Waals surface area contributed by atoms with Crippen LogP contribution in [-0.4, -0.2) is 48.2 Å². The fraction of sp³-hybridized carbons (Fsp3) is 0.379. The van der Waals surface area contributed by atoms with Crippen LogP contribution in [0.3, 0.4) is 0 Å². The first-order chi connectivity index (χ1) is 17.5. The van der Waals surface area contributed by atoms with E-state index >= 15 is 0 Å². The Morgan fingerprint density at radius 2 is 1.53 bits per heavy atom. The number of esters is 1. The van der Waals surface area contributed by atoms with Gasteiger partial charge in [0.25, 0.3) is 0 Å². The van der Waals surface area contributed by atoms with Gasteiger partial charge in [-0.3, -0.25) is 19.3 Å². The van der Waals surface area contributed by atoms with Crippen molar-refractivity contribution in [3.63, 3.8) is 0 Å². The van der Waals surface area contributed by atoms with Crippen molar-refractivity contribution >= 4 is 23.6 Å². The zero-order chi connectivity index (χ0) is 25.0. The van der Waals surface area contributed by atoms with E-state index in [4.69, 9.17) is 9.47 Å². The number of allylic oxidation sites excluding steroid dienone is 2. The summed E-state index contributed by atoms with van der Waals surface area (Å²) in [5.41, 5.74) is 1.18. The molecule has 0 aromatic heterocycles. The zero-order valence-corrected chi connectivity index (χ0v) is 19.9. The van der Waals surface area contributed by atoms with E-state index in [0.717, 1.165) is 16.9 Å². The summed E-state index contributed by atoms with van der Waals surface area (Å²) in [5, 5.41) is 0. The van der Waals surface area contributed by atoms with Crippen LogP contribution in [0.1, 0.15) is 22.3 Å². The Morgan fingerprint density at radius 3 is 2.11 bits per heavy atom. The zero-order valence-electron chi connectivity index (χ0n) is 19.9. The summed E-state index contributed by atoms with van der Waals surface area (Å²) >= 11 is 0. The van der Waals surface area contributed by atoms with Crippen LogP contribution < -0.4 is 4.74 Å². The normalized spacial score (nSPS) is 30.0. The lowest BCUT2D eigenvalue weighted by Crippen LogP contribution is -2.48. The van der Waals surface area contributed by atoms with Gasteiger partial charge in [-0.25, -0.2) is 4.79 Å². The number of nitrogens with zero attached hydrogens (tertiary/aromatic N) is 1. The standard InChI is InChI=1S/C29H27NO6/c1-35-18-9-7-17(8-10-18)24(31)15-36-29(34)23(13-16-5-3-2-4-6-16)30-27(32)25-19-11-12-20(22-14-21(19)22)26(25)28(30)33/h2-12,19-23,25-26H,13-15H2,1H3/t19-,20-,21-,22-,23-,25-,26+/m0/s1. The van der Waals surface area contributed by atoms with Crippen molar-refractivity contribution in [1.29, 1.82) is 0 Å². The molecule has 4 aliphatic carbocycles. The topological polar surface area (TPSA) is 90.0 Å². The van der Waals surface area contributed by atoms with E-state index in [0.29, 0.717) is 23.1 Å². The third-order valence-electron chi connectivity index (χ3n) is 8.31. The minimum Gasteiger partial charge on any atom is -0.497 e. The average Bonchev–Trinajstić information content (AvgIpc) is 3.70. The Bertz CT molecular complexity index is 1220. The molecule has 36 heavy (non-hydrogen) atoms. The Morgan fingerprint density at radius 1 is 0.917 bits per heavy atom. The van der Waals surface area contributed by atoms with Gasteiger partial charge in [0, 0.05) is 12.0 Å². The monoisotopic (exact) mass is 485 g/mol. The molecule has 2 saturated carbocycles. The Hall–Kier alpha value is -3.74. The first-order valence-corrected chi connectivity index (χ1v) is 12.4. The number of imide groups is 1. The number of carbonyl (C=O) groups is 4. The van der Waals surface area contributed by atoms with Gasteiger partial charge in [0.1, 0.15) is 11.8 Å². The molecule has 184 valence electrons. The summed E-state index contributed by atoms with van der Waals surface area (Å²) in [4.78, 5) is 54.5. The van der Waals surface area contributed by atoms with Gasteiger partial charge in [-0.2, -0.15) is 0 Å². The first-order valence-electron chi connectivity index (χ1n) is 12.4. The van der Waals surface area contributed by atoms with Gasteiger partial charge in [-0.15, -0.1) is 0 Å². The van der Waals surface area contributed by atoms with Crippen LogP contribution >= 0.6 is 0 Å². The van der Waals surface area contributed by atoms with Crippen molar-refractivity contribution in [3.8, 4) is 5.75 Å². The van der Waals surface area contributed by atoms with Gasteiger partial charge in [-0.05, 0) is 59.9 Å². The summed E-state index contributed by atoms with van der Waals surface area (Å²) in [6.45, 7) is -0.476. The molecule has 0 radical (unpaired) electrons. The van der Waals surface area contributed by atoms with Gasteiger partial charge in [-0.1, -0.05) is 42.5 Å². The van der Waals surface area contributed by atoms with Crippen LogP contribution in [0.2, 0.25) is 0 Å². The molecular weight excluding hydrogens is 458 g/mol. The molecule has 1 heterocycles. The van der Waals surface area contributed by atoms with E-state index in [1.54, 1.807) is 24.3 Å². The smallest absolute Gasteiger partial charge is 0.330 e. The molecule has 0 N–H and O–H groups in total. The molecule has 7 rings (SSSR count). The van der Waals surface area contributed by atoms with Crippen LogP contribution in [0.4, 0.5) is 0 Å². The maximum absolute atomic E-state index is 13.6. The maximum Gasteiger partial charge on any atom is 0.330 e. The van der Waals surface area contributed by atoms with E-state index in [9.17, 15) is 19.2 Å². The summed E-state index contributed by atoms with van der Waals surface area (Å²) in [6, 6.07) is 14.6. The minimum absolute atomic E-state index is 0.0662. The third kappa shape index (κ3) is 3.65. The number of methoxy groups -OCH3 is 1. The summed E-state index contributed by atoms with van der Waals surface area (Å²) in [6.07, 6.45) is 5.42. The number of ketones is 1. The number of Topliss-reactive ketones (excluding diaryl/α,β-unsaturated/α-hetero) is 1. The highest BCUT2D eigenvalue weighted by atomic mass is 16.5. The van der Waals surface area contributed by atoms with Crippen molar-refractivity contribution in [2.75, 3.05) is 13.7 Å². The summed E-state index contributed by atoms with van der Waals surface area (Å²) in [5.74, 6) is -0.798. The Balaban J connectivity index is 1.23. The lowest BCUT2D eigenvalue weighted by molar-refractivity contribution is -0.158. The van der Waals surface area contributed by atoms with E-state index in [-0.39, 0.29) is 35.9 Å². The third-order valence-corrected chi connectivity index (χ3v) is 8.31. The second-order valence-electron chi connectivity index (χ2n) is 10.2. The van der Waals surface area contributed by atoms with E-state index in [2.05, 4.69) is 12.2 Å². The molecule has 2 aromatic rings. The van der Waals surface area contributed by atoms with Gasteiger partial charge in [0.15, 0.2) is 12.4 Å². The lowest BCUT2D eigenvalue weighted by atomic mass is 9.63. The van der Waals surface area contributed by atoms with Crippen molar-refractivity contribution < 1.29 is 28.7 Å². The number of benzene rings is 2. The predicted molar refractivity (Wildman–Crippen MR) is 129 cm³/mol. The number of ether oxygens (including phenoxy) is 2. The number of carbonyl (C=O) groups excluding carboxylic acids is 4. The number of rotatable bonds is 8. The molecule has 5 aliphatic rings. The second kappa shape index (κ2) is 8.73. The van der Waals surface area contributed by atoms with Gasteiger partial charge < -0.3 is 9.47 Å². The average molecular weight is 486 g/mol. The van der Waals surface area contributed by atoms with Gasteiger partial charge in [0.05, 0.1) is 18.9 Å². The van der Waals surface area contributed by atoms with Crippen molar-refractivity contribution in [2.45, 2.75) is 18.9 Å².